The molecule has 1 rings (SSSR count). The van der Waals surface area contributed by atoms with E-state index in [0.29, 0.717) is 23.5 Å². The lowest BCUT2D eigenvalue weighted by atomic mass is 9.84. The Morgan fingerprint density at radius 1 is 1.32 bits per heavy atom. The monoisotopic (exact) mass is 269 g/mol. The summed E-state index contributed by atoms with van der Waals surface area (Å²) in [5.74, 6) is 0. The van der Waals surface area contributed by atoms with Crippen LogP contribution in [0.25, 0.3) is 0 Å². The molecule has 1 saturated heterocycles. The van der Waals surface area contributed by atoms with Crippen LogP contribution in [0.1, 0.15) is 47.5 Å². The van der Waals surface area contributed by atoms with Gasteiger partial charge in [-0.3, -0.25) is 4.90 Å². The maximum atomic E-state index is 3.76. The Hall–Kier alpha value is -0.120. The number of hydrogen-bond donors (Lipinski definition) is 1. The fourth-order valence-electron chi connectivity index (χ4n) is 2.93. The molecule has 0 aliphatic carbocycles. The number of hydrogen-bond acceptors (Lipinski definition) is 3. The number of nitrogens with one attached hydrogen (secondary N) is 1. The lowest BCUT2D eigenvalue weighted by molar-refractivity contribution is 0.0482. The van der Waals surface area contributed by atoms with Gasteiger partial charge in [-0.25, -0.2) is 0 Å². The van der Waals surface area contributed by atoms with Crippen molar-refractivity contribution in [1.82, 2.24) is 15.1 Å². The summed E-state index contributed by atoms with van der Waals surface area (Å²) in [4.78, 5) is 5.04. The minimum absolute atomic E-state index is 0.345. The molecule has 19 heavy (non-hydrogen) atoms. The van der Waals surface area contributed by atoms with Crippen LogP contribution in [0, 0.1) is 5.41 Å². The van der Waals surface area contributed by atoms with E-state index in [4.69, 9.17) is 0 Å². The minimum atomic E-state index is 0.345. The van der Waals surface area contributed by atoms with Gasteiger partial charge >= 0.3 is 0 Å². The molecule has 0 saturated carbocycles. The molecule has 1 fully saturated rings. The molecule has 0 aromatic rings. The van der Waals surface area contributed by atoms with Gasteiger partial charge in [-0.2, -0.15) is 0 Å². The van der Waals surface area contributed by atoms with Crippen molar-refractivity contribution < 1.29 is 0 Å². The van der Waals surface area contributed by atoms with Crippen LogP contribution < -0.4 is 5.32 Å². The van der Waals surface area contributed by atoms with Crippen molar-refractivity contribution in [2.24, 2.45) is 5.41 Å². The third kappa shape index (κ3) is 5.05. The van der Waals surface area contributed by atoms with E-state index in [1.165, 1.54) is 25.9 Å². The highest BCUT2D eigenvalue weighted by molar-refractivity contribution is 4.93. The molecule has 0 bridgehead atoms. The van der Waals surface area contributed by atoms with E-state index in [1.807, 2.05) is 0 Å². The van der Waals surface area contributed by atoms with Gasteiger partial charge in [0.1, 0.15) is 0 Å². The predicted octanol–water partition coefficient (Wildman–Crippen LogP) is 2.43. The largest absolute Gasteiger partial charge is 0.311 e. The first kappa shape index (κ1) is 16.9. The maximum absolute atomic E-state index is 3.76. The lowest BCUT2D eigenvalue weighted by Crippen LogP contribution is -2.62. The molecule has 1 aliphatic heterocycles. The summed E-state index contributed by atoms with van der Waals surface area (Å²) in [6, 6.07) is 1.99. The quantitative estimate of drug-likeness (QED) is 0.827. The van der Waals surface area contributed by atoms with E-state index in [1.54, 1.807) is 0 Å². The van der Waals surface area contributed by atoms with Gasteiger partial charge in [0, 0.05) is 31.2 Å². The second kappa shape index (κ2) is 7.05. The molecule has 0 aromatic carbocycles. The summed E-state index contributed by atoms with van der Waals surface area (Å²) < 4.78 is 0. The van der Waals surface area contributed by atoms with Crippen molar-refractivity contribution in [3.8, 4) is 0 Å². The van der Waals surface area contributed by atoms with Gasteiger partial charge in [0.2, 0.25) is 0 Å². The maximum Gasteiger partial charge on any atom is 0.0244 e. The summed E-state index contributed by atoms with van der Waals surface area (Å²) in [7, 11) is 4.33. The highest BCUT2D eigenvalue weighted by Crippen LogP contribution is 2.26. The van der Waals surface area contributed by atoms with E-state index in [9.17, 15) is 0 Å². The van der Waals surface area contributed by atoms with Gasteiger partial charge in [-0.05, 0) is 45.8 Å². The number of rotatable bonds is 5. The van der Waals surface area contributed by atoms with E-state index in [-0.39, 0.29) is 0 Å². The van der Waals surface area contributed by atoms with Crippen LogP contribution in [-0.2, 0) is 0 Å². The normalized spacial score (nSPS) is 27.8. The van der Waals surface area contributed by atoms with E-state index < -0.39 is 0 Å². The first-order chi connectivity index (χ1) is 8.75. The average molecular weight is 269 g/mol. The van der Waals surface area contributed by atoms with Crippen molar-refractivity contribution in [3.05, 3.63) is 0 Å². The minimum Gasteiger partial charge on any atom is -0.311 e. The molecule has 0 amide bonds. The van der Waals surface area contributed by atoms with Crippen molar-refractivity contribution in [1.29, 1.82) is 0 Å². The van der Waals surface area contributed by atoms with Gasteiger partial charge < -0.3 is 10.2 Å². The summed E-state index contributed by atoms with van der Waals surface area (Å²) in [6.45, 7) is 15.3. The van der Waals surface area contributed by atoms with Crippen LogP contribution in [0.2, 0.25) is 0 Å². The van der Waals surface area contributed by atoms with E-state index in [0.717, 1.165) is 6.54 Å². The van der Waals surface area contributed by atoms with Crippen LogP contribution >= 0.6 is 0 Å². The van der Waals surface area contributed by atoms with E-state index >= 15 is 0 Å². The SMILES string of the molecule is CCC1CNC(C(C)(C)C)CN1C(C)CCN(C)C. The van der Waals surface area contributed by atoms with Crippen LogP contribution in [-0.4, -0.2) is 61.7 Å². The first-order valence-corrected chi connectivity index (χ1v) is 7.89. The second-order valence-electron chi connectivity index (χ2n) is 7.53. The summed E-state index contributed by atoms with van der Waals surface area (Å²) >= 11 is 0. The third-order valence-electron chi connectivity index (χ3n) is 4.54. The molecule has 0 spiro atoms. The zero-order chi connectivity index (χ0) is 14.6. The third-order valence-corrected chi connectivity index (χ3v) is 4.54. The Labute approximate surface area is 120 Å². The Morgan fingerprint density at radius 2 is 1.95 bits per heavy atom. The summed E-state index contributed by atoms with van der Waals surface area (Å²) in [5.41, 5.74) is 0.345. The van der Waals surface area contributed by atoms with Gasteiger partial charge in [-0.15, -0.1) is 0 Å². The Balaban J connectivity index is 2.64. The second-order valence-corrected chi connectivity index (χ2v) is 7.53. The van der Waals surface area contributed by atoms with Crippen molar-refractivity contribution >= 4 is 0 Å². The zero-order valence-corrected chi connectivity index (χ0v) is 14.2. The molecule has 0 aromatic heterocycles. The molecule has 3 unspecified atom stereocenters. The smallest absolute Gasteiger partial charge is 0.0244 e. The van der Waals surface area contributed by atoms with Crippen LogP contribution in [0.4, 0.5) is 0 Å². The van der Waals surface area contributed by atoms with E-state index in [2.05, 4.69) is 63.8 Å². The molecule has 1 heterocycles. The van der Waals surface area contributed by atoms with Crippen molar-refractivity contribution in [2.45, 2.75) is 65.6 Å². The molecule has 1 aliphatic rings. The van der Waals surface area contributed by atoms with Gasteiger partial charge in [0.05, 0.1) is 0 Å². The molecule has 114 valence electrons. The fourth-order valence-corrected chi connectivity index (χ4v) is 2.93. The summed E-state index contributed by atoms with van der Waals surface area (Å²) in [5, 5.41) is 3.76. The topological polar surface area (TPSA) is 18.5 Å². The Bertz CT molecular complexity index is 257. The van der Waals surface area contributed by atoms with Crippen LogP contribution in [0.15, 0.2) is 0 Å². The highest BCUT2D eigenvalue weighted by Gasteiger charge is 2.35. The Morgan fingerprint density at radius 3 is 2.42 bits per heavy atom. The van der Waals surface area contributed by atoms with Crippen molar-refractivity contribution in [2.75, 3.05) is 33.7 Å². The molecule has 0 radical (unpaired) electrons. The average Bonchev–Trinajstić information content (AvgIpc) is 2.33. The van der Waals surface area contributed by atoms with Gasteiger partial charge in [0.15, 0.2) is 0 Å². The first-order valence-electron chi connectivity index (χ1n) is 7.89. The number of nitrogens with zero attached hydrogens (tertiary/aromatic N) is 2. The van der Waals surface area contributed by atoms with Crippen LogP contribution in [0.5, 0.6) is 0 Å². The number of piperazine rings is 1. The zero-order valence-electron chi connectivity index (χ0n) is 14.2. The van der Waals surface area contributed by atoms with Crippen molar-refractivity contribution in [3.63, 3.8) is 0 Å². The standard InChI is InChI=1S/C16H35N3/c1-8-14-11-17-15(16(3,4)5)12-19(14)13(2)9-10-18(6)7/h13-15,17H,8-12H2,1-7H3. The Kier molecular flexibility index (Phi) is 6.28. The summed E-state index contributed by atoms with van der Waals surface area (Å²) in [6.07, 6.45) is 2.51. The van der Waals surface area contributed by atoms with Gasteiger partial charge in [0.25, 0.3) is 0 Å². The lowest BCUT2D eigenvalue weighted by Gasteiger charge is -2.47. The molecular formula is C16H35N3. The highest BCUT2D eigenvalue weighted by atomic mass is 15.3. The molecule has 3 nitrogen and oxygen atoms in total. The molecule has 3 heteroatoms. The molecule has 1 N–H and O–H groups in total. The van der Waals surface area contributed by atoms with Crippen LogP contribution in [0.3, 0.4) is 0 Å². The predicted molar refractivity (Wildman–Crippen MR) is 84.7 cm³/mol. The molecular weight excluding hydrogens is 234 g/mol. The fraction of sp³-hybridized carbons (Fsp3) is 1.00. The van der Waals surface area contributed by atoms with Gasteiger partial charge in [-0.1, -0.05) is 27.7 Å². The molecule has 3 atom stereocenters.